The molecule has 2 aromatic heterocycles. The Morgan fingerprint density at radius 2 is 1.85 bits per heavy atom. The zero-order valence-corrected chi connectivity index (χ0v) is 13.7. The van der Waals surface area contributed by atoms with Gasteiger partial charge in [-0.15, -0.1) is 0 Å². The molecule has 1 saturated heterocycles. The molecule has 3 N–H and O–H groups in total. The van der Waals surface area contributed by atoms with Crippen LogP contribution in [0, 0.1) is 0 Å². The molecule has 0 aromatic carbocycles. The molecule has 3 rings (SSSR count). The Labute approximate surface area is 134 Å². The largest absolute Gasteiger partial charge is 0.368 e. The molecule has 1 aliphatic heterocycles. The van der Waals surface area contributed by atoms with Crippen LogP contribution in [-0.4, -0.2) is 35.9 Å². The van der Waals surface area contributed by atoms with E-state index in [1.807, 2.05) is 0 Å². The normalized spacial score (nSPS) is 14.7. The van der Waals surface area contributed by atoms with Crippen LogP contribution in [0.1, 0.15) is 12.8 Å². The fourth-order valence-corrected chi connectivity index (χ4v) is 2.60. The maximum absolute atomic E-state index is 10.4. The van der Waals surface area contributed by atoms with Gasteiger partial charge in [0.2, 0.25) is 17.8 Å². The Hall–Kier alpha value is -1.26. The monoisotopic (exact) mass is 424 g/mol. The average molecular weight is 426 g/mol. The lowest BCUT2D eigenvalue weighted by Gasteiger charge is -1.97. The van der Waals surface area contributed by atoms with Gasteiger partial charge >= 0.3 is 0 Å². The Morgan fingerprint density at radius 1 is 1.25 bits per heavy atom. The van der Waals surface area contributed by atoms with Gasteiger partial charge in [0.25, 0.3) is 0 Å². The molecule has 106 valence electrons. The zero-order chi connectivity index (χ0) is 14.9. The molecule has 0 unspecified atom stereocenters. The van der Waals surface area contributed by atoms with Gasteiger partial charge in [-0.05, 0) is 15.9 Å². The van der Waals surface area contributed by atoms with Crippen LogP contribution in [0.5, 0.6) is 0 Å². The molecule has 1 aliphatic rings. The lowest BCUT2D eigenvalue weighted by atomic mass is 10.4. The van der Waals surface area contributed by atoms with E-state index in [-0.39, 0.29) is 22.9 Å². The lowest BCUT2D eigenvalue weighted by Crippen LogP contribution is -2.16. The maximum Gasteiger partial charge on any atom is 0.239 e. The highest BCUT2D eigenvalue weighted by atomic mass is 79.9. The first kappa shape index (κ1) is 15.1. The van der Waals surface area contributed by atoms with E-state index in [2.05, 4.69) is 52.2 Å². The van der Waals surface area contributed by atoms with Gasteiger partial charge in [0.05, 0.1) is 21.5 Å². The van der Waals surface area contributed by atoms with Crippen molar-refractivity contribution in [1.29, 1.82) is 0 Å². The summed E-state index contributed by atoms with van der Waals surface area (Å²) in [6, 6.07) is 0. The van der Waals surface area contributed by atoms with Gasteiger partial charge in [0, 0.05) is 12.8 Å². The summed E-state index contributed by atoms with van der Waals surface area (Å²) in [5, 5.41) is 7.46. The molecule has 0 saturated carbocycles. The van der Waals surface area contributed by atoms with Gasteiger partial charge in [-0.25, -0.2) is 8.91 Å². The summed E-state index contributed by atoms with van der Waals surface area (Å²) in [6.07, 6.45) is 0.703. The smallest absolute Gasteiger partial charge is 0.239 e. The second kappa shape index (κ2) is 6.02. The first-order valence-corrected chi connectivity index (χ1v) is 7.12. The van der Waals surface area contributed by atoms with Gasteiger partial charge in [-0.2, -0.15) is 10.1 Å². The number of aromatic amines is 1. The predicted molar refractivity (Wildman–Crippen MR) is 78.8 cm³/mol. The van der Waals surface area contributed by atoms with Crippen molar-refractivity contribution in [3.63, 3.8) is 0 Å². The standard InChI is InChI=1S/C5H3BrClN5.C4H4BrNO2/c6-2-1-3(7)9-5(8)10-4(1)12-11-2;5-6-3(7)1-2-4(6)8/h(H3,8,9,10,11,12);1-2H2. The van der Waals surface area contributed by atoms with Gasteiger partial charge in [0.15, 0.2) is 5.65 Å². The van der Waals surface area contributed by atoms with Crippen LogP contribution < -0.4 is 5.73 Å². The molecule has 2 amide bonds. The molecular formula is C9H7Br2ClN6O2. The Kier molecular flexibility index (Phi) is 4.55. The third-order valence-electron chi connectivity index (χ3n) is 2.33. The number of fused-ring (bicyclic) bond motifs is 1. The second-order valence-electron chi connectivity index (χ2n) is 3.68. The minimum absolute atomic E-state index is 0.117. The van der Waals surface area contributed by atoms with Crippen molar-refractivity contribution in [2.45, 2.75) is 12.8 Å². The summed E-state index contributed by atoms with van der Waals surface area (Å²) in [4.78, 5) is 28.5. The van der Waals surface area contributed by atoms with E-state index in [1.165, 1.54) is 0 Å². The van der Waals surface area contributed by atoms with E-state index < -0.39 is 0 Å². The minimum Gasteiger partial charge on any atom is -0.368 e. The number of hydrogen-bond donors (Lipinski definition) is 2. The van der Waals surface area contributed by atoms with Crippen LogP contribution in [0.25, 0.3) is 11.0 Å². The molecule has 0 atom stereocenters. The molecule has 11 heteroatoms. The quantitative estimate of drug-likeness (QED) is 0.377. The highest BCUT2D eigenvalue weighted by Crippen LogP contribution is 2.26. The third-order valence-corrected chi connectivity index (χ3v) is 3.97. The summed E-state index contributed by atoms with van der Waals surface area (Å²) < 4.78 is 1.63. The molecule has 2 aromatic rings. The average Bonchev–Trinajstić information content (AvgIpc) is 2.88. The van der Waals surface area contributed by atoms with Crippen molar-refractivity contribution in [2.75, 3.05) is 5.73 Å². The van der Waals surface area contributed by atoms with Crippen LogP contribution in [0.15, 0.2) is 4.60 Å². The first-order chi connectivity index (χ1) is 9.40. The van der Waals surface area contributed by atoms with Crippen molar-refractivity contribution in [2.24, 2.45) is 0 Å². The van der Waals surface area contributed by atoms with E-state index in [0.717, 1.165) is 3.93 Å². The summed E-state index contributed by atoms with van der Waals surface area (Å²) in [7, 11) is 0. The number of carbonyl (C=O) groups excluding carboxylic acids is 2. The van der Waals surface area contributed by atoms with Crippen molar-refractivity contribution >= 4 is 72.5 Å². The molecule has 0 bridgehead atoms. The molecule has 0 aliphatic carbocycles. The van der Waals surface area contributed by atoms with E-state index in [1.54, 1.807) is 0 Å². The molecule has 3 heterocycles. The van der Waals surface area contributed by atoms with Gasteiger partial charge in [-0.1, -0.05) is 11.6 Å². The van der Waals surface area contributed by atoms with E-state index >= 15 is 0 Å². The van der Waals surface area contributed by atoms with E-state index in [4.69, 9.17) is 17.3 Å². The number of nitrogens with zero attached hydrogens (tertiary/aromatic N) is 4. The van der Waals surface area contributed by atoms with Gasteiger partial charge in [0.1, 0.15) is 9.76 Å². The first-order valence-electron chi connectivity index (χ1n) is 5.24. The number of halogens is 3. The minimum atomic E-state index is -0.144. The molecule has 1 fully saturated rings. The number of imide groups is 1. The number of anilines is 1. The number of H-pyrrole nitrogens is 1. The van der Waals surface area contributed by atoms with E-state index in [9.17, 15) is 9.59 Å². The zero-order valence-electron chi connectivity index (χ0n) is 9.73. The van der Waals surface area contributed by atoms with Crippen molar-refractivity contribution in [1.82, 2.24) is 24.1 Å². The third kappa shape index (κ3) is 3.07. The number of nitrogens with two attached hydrogens (primary N) is 1. The number of rotatable bonds is 0. The van der Waals surface area contributed by atoms with Crippen molar-refractivity contribution < 1.29 is 9.59 Å². The molecule has 0 spiro atoms. The fourth-order valence-electron chi connectivity index (χ4n) is 1.41. The van der Waals surface area contributed by atoms with E-state index in [0.29, 0.717) is 28.5 Å². The number of nitrogen functional groups attached to an aromatic ring is 1. The summed E-state index contributed by atoms with van der Waals surface area (Å²) in [5.74, 6) is -0.170. The van der Waals surface area contributed by atoms with Crippen molar-refractivity contribution in [3.8, 4) is 0 Å². The number of nitrogens with one attached hydrogen (secondary N) is 1. The second-order valence-corrected chi connectivity index (χ2v) is 5.54. The summed E-state index contributed by atoms with van der Waals surface area (Å²) in [6.45, 7) is 0. The van der Waals surface area contributed by atoms with Crippen molar-refractivity contribution in [3.05, 3.63) is 9.76 Å². The van der Waals surface area contributed by atoms with Crippen LogP contribution >= 0.6 is 43.7 Å². The van der Waals surface area contributed by atoms with Gasteiger partial charge < -0.3 is 5.73 Å². The van der Waals surface area contributed by atoms with Crippen LogP contribution in [0.4, 0.5) is 5.95 Å². The Morgan fingerprint density at radius 3 is 2.35 bits per heavy atom. The molecule has 0 radical (unpaired) electrons. The molecule has 8 nitrogen and oxygen atoms in total. The number of amides is 2. The lowest BCUT2D eigenvalue weighted by molar-refractivity contribution is -0.131. The van der Waals surface area contributed by atoms with Crippen LogP contribution in [-0.2, 0) is 9.59 Å². The van der Waals surface area contributed by atoms with Crippen LogP contribution in [0.2, 0.25) is 5.15 Å². The highest BCUT2D eigenvalue weighted by molar-refractivity contribution is 9.10. The Bertz CT molecular complexity index is 674. The van der Waals surface area contributed by atoms with Gasteiger partial charge in [-0.3, -0.25) is 14.7 Å². The predicted octanol–water partition coefficient (Wildman–Crippen LogP) is 1.80. The number of carbonyl (C=O) groups is 2. The maximum atomic E-state index is 10.4. The highest BCUT2D eigenvalue weighted by Gasteiger charge is 2.26. The summed E-state index contributed by atoms with van der Waals surface area (Å²) in [5.41, 5.74) is 5.82. The molecular weight excluding hydrogens is 419 g/mol. The van der Waals surface area contributed by atoms with Crippen LogP contribution in [0.3, 0.4) is 0 Å². The number of aromatic nitrogens is 4. The topological polar surface area (TPSA) is 118 Å². The SMILES string of the molecule is Nc1nc(Cl)c2c(Br)[nH]nc2n1.O=C1CCC(=O)N1Br. The fraction of sp³-hybridized carbons (Fsp3) is 0.222. The number of hydrogen-bond acceptors (Lipinski definition) is 6. The molecule has 20 heavy (non-hydrogen) atoms. The summed E-state index contributed by atoms with van der Waals surface area (Å²) >= 11 is 11.8. The Balaban J connectivity index is 0.000000160.